The van der Waals surface area contributed by atoms with Crippen molar-refractivity contribution in [3.05, 3.63) is 82.4 Å². The maximum absolute atomic E-state index is 13.2. The van der Waals surface area contributed by atoms with Crippen LogP contribution in [0.1, 0.15) is 41.6 Å². The van der Waals surface area contributed by atoms with Gasteiger partial charge in [0.1, 0.15) is 0 Å². The van der Waals surface area contributed by atoms with Crippen LogP contribution < -0.4 is 21.1 Å². The summed E-state index contributed by atoms with van der Waals surface area (Å²) in [6.07, 6.45) is 7.51. The van der Waals surface area contributed by atoms with E-state index in [1.807, 2.05) is 25.1 Å². The number of para-hydroxylation sites is 1. The van der Waals surface area contributed by atoms with E-state index >= 15 is 0 Å². The number of piperidine rings is 1. The van der Waals surface area contributed by atoms with Gasteiger partial charge in [-0.25, -0.2) is 4.98 Å². The number of anilines is 2. The predicted octanol–water partition coefficient (Wildman–Crippen LogP) is 3.76. The van der Waals surface area contributed by atoms with Crippen LogP contribution in [0.4, 0.5) is 11.5 Å². The van der Waals surface area contributed by atoms with Crippen LogP contribution in [0.15, 0.2) is 65.7 Å². The first-order valence-electron chi connectivity index (χ1n) is 12.1. The molecular weight excluding hydrogens is 426 g/mol. The van der Waals surface area contributed by atoms with Crippen molar-refractivity contribution in [2.24, 2.45) is 5.92 Å². The Morgan fingerprint density at radius 3 is 2.56 bits per heavy atom. The minimum Gasteiger partial charge on any atom is -0.372 e. The monoisotopic (exact) mass is 457 g/mol. The standard InChI is InChI=1S/C27H31N5O2/c1-19-7-8-21(26(33)30-22-9-10-22)17-24(19)32-16-13-28-25(27(32)34)29-18-20-11-14-31(15-12-20)23-5-3-2-4-6-23/h2-8,13,16-17,20,22H,9-12,14-15,18H2,1H3,(H,28,29)(H,30,33). The molecule has 0 radical (unpaired) electrons. The predicted molar refractivity (Wildman–Crippen MR) is 135 cm³/mol. The minimum atomic E-state index is -0.202. The van der Waals surface area contributed by atoms with Crippen LogP contribution >= 0.6 is 0 Å². The fourth-order valence-corrected chi connectivity index (χ4v) is 4.50. The Bertz CT molecular complexity index is 1210. The first-order chi connectivity index (χ1) is 16.6. The van der Waals surface area contributed by atoms with E-state index in [0.29, 0.717) is 23.0 Å². The highest BCUT2D eigenvalue weighted by atomic mass is 16.2. The van der Waals surface area contributed by atoms with Gasteiger partial charge < -0.3 is 15.5 Å². The number of hydrogen-bond donors (Lipinski definition) is 2. The molecule has 7 heteroatoms. The maximum atomic E-state index is 13.2. The number of carbonyl (C=O) groups excluding carboxylic acids is 1. The number of rotatable bonds is 7. The van der Waals surface area contributed by atoms with Gasteiger partial charge in [0, 0.05) is 49.3 Å². The van der Waals surface area contributed by atoms with Gasteiger partial charge in [-0.1, -0.05) is 24.3 Å². The normalized spacial score (nSPS) is 16.3. The van der Waals surface area contributed by atoms with Gasteiger partial charge in [0.25, 0.3) is 11.5 Å². The summed E-state index contributed by atoms with van der Waals surface area (Å²) in [5.41, 5.74) is 3.26. The molecule has 2 aromatic carbocycles. The maximum Gasteiger partial charge on any atom is 0.297 e. The third-order valence-corrected chi connectivity index (χ3v) is 6.78. The molecule has 2 aliphatic rings. The summed E-state index contributed by atoms with van der Waals surface area (Å²) in [5, 5.41) is 6.31. The molecule has 2 fully saturated rings. The second kappa shape index (κ2) is 9.71. The van der Waals surface area contributed by atoms with E-state index in [-0.39, 0.29) is 17.5 Å². The van der Waals surface area contributed by atoms with Crippen LogP contribution in [0.25, 0.3) is 5.69 Å². The highest BCUT2D eigenvalue weighted by molar-refractivity contribution is 5.95. The summed E-state index contributed by atoms with van der Waals surface area (Å²) < 4.78 is 1.58. The summed E-state index contributed by atoms with van der Waals surface area (Å²) in [7, 11) is 0. The largest absolute Gasteiger partial charge is 0.372 e. The Morgan fingerprint density at radius 2 is 1.82 bits per heavy atom. The number of aromatic nitrogens is 2. The molecule has 0 atom stereocenters. The van der Waals surface area contributed by atoms with E-state index < -0.39 is 0 Å². The van der Waals surface area contributed by atoms with Gasteiger partial charge in [0.2, 0.25) is 0 Å². The fourth-order valence-electron chi connectivity index (χ4n) is 4.50. The molecule has 1 aliphatic carbocycles. The van der Waals surface area contributed by atoms with Gasteiger partial charge in [0.15, 0.2) is 5.82 Å². The number of hydrogen-bond acceptors (Lipinski definition) is 5. The quantitative estimate of drug-likeness (QED) is 0.565. The topological polar surface area (TPSA) is 79.3 Å². The zero-order chi connectivity index (χ0) is 23.5. The third kappa shape index (κ3) is 4.98. The Kier molecular flexibility index (Phi) is 6.34. The van der Waals surface area contributed by atoms with Crippen molar-refractivity contribution in [3.8, 4) is 5.69 Å². The van der Waals surface area contributed by atoms with Crippen LogP contribution in [-0.4, -0.2) is 41.1 Å². The lowest BCUT2D eigenvalue weighted by molar-refractivity contribution is 0.0951. The molecule has 2 N–H and O–H groups in total. The summed E-state index contributed by atoms with van der Waals surface area (Å²) in [6.45, 7) is 4.69. The highest BCUT2D eigenvalue weighted by Crippen LogP contribution is 2.23. The third-order valence-electron chi connectivity index (χ3n) is 6.78. The van der Waals surface area contributed by atoms with Gasteiger partial charge in [-0.15, -0.1) is 0 Å². The fraction of sp³-hybridized carbons (Fsp3) is 0.370. The van der Waals surface area contributed by atoms with Gasteiger partial charge in [-0.3, -0.25) is 14.2 Å². The summed E-state index contributed by atoms with van der Waals surface area (Å²) >= 11 is 0. The lowest BCUT2D eigenvalue weighted by Crippen LogP contribution is -2.36. The van der Waals surface area contributed by atoms with Gasteiger partial charge in [0.05, 0.1) is 5.69 Å². The van der Waals surface area contributed by atoms with Crippen molar-refractivity contribution < 1.29 is 4.79 Å². The van der Waals surface area contributed by atoms with E-state index in [0.717, 1.165) is 50.9 Å². The number of aryl methyl sites for hydroxylation is 1. The zero-order valence-electron chi connectivity index (χ0n) is 19.5. The van der Waals surface area contributed by atoms with E-state index in [2.05, 4.69) is 44.8 Å². The van der Waals surface area contributed by atoms with E-state index in [1.54, 1.807) is 23.0 Å². The van der Waals surface area contributed by atoms with Crippen LogP contribution in [-0.2, 0) is 0 Å². The van der Waals surface area contributed by atoms with Crippen molar-refractivity contribution in [2.45, 2.75) is 38.6 Å². The lowest BCUT2D eigenvalue weighted by Gasteiger charge is -2.33. The molecule has 1 aromatic heterocycles. The van der Waals surface area contributed by atoms with E-state index in [9.17, 15) is 9.59 Å². The molecular formula is C27H31N5O2. The number of carbonyl (C=O) groups is 1. The SMILES string of the molecule is Cc1ccc(C(=O)NC2CC2)cc1-n1ccnc(NCC2CCN(c3ccccc3)CC2)c1=O. The number of amides is 1. The first kappa shape index (κ1) is 22.2. The average molecular weight is 458 g/mol. The molecule has 0 bridgehead atoms. The molecule has 176 valence electrons. The van der Waals surface area contributed by atoms with Crippen LogP contribution in [0.2, 0.25) is 0 Å². The molecule has 1 aliphatic heterocycles. The van der Waals surface area contributed by atoms with Gasteiger partial charge >= 0.3 is 0 Å². The van der Waals surface area contributed by atoms with Crippen molar-refractivity contribution in [2.75, 3.05) is 29.9 Å². The summed E-state index contributed by atoms with van der Waals surface area (Å²) in [5.74, 6) is 0.747. The van der Waals surface area contributed by atoms with E-state index in [1.165, 1.54) is 5.69 Å². The second-order valence-corrected chi connectivity index (χ2v) is 9.35. The number of nitrogens with zero attached hydrogens (tertiary/aromatic N) is 3. The molecule has 1 saturated heterocycles. The molecule has 7 nitrogen and oxygen atoms in total. The minimum absolute atomic E-state index is 0.0916. The summed E-state index contributed by atoms with van der Waals surface area (Å²) in [4.78, 5) is 32.5. The van der Waals surface area contributed by atoms with Gasteiger partial charge in [-0.05, 0) is 68.4 Å². The number of benzene rings is 2. The van der Waals surface area contributed by atoms with Crippen molar-refractivity contribution in [1.29, 1.82) is 0 Å². The van der Waals surface area contributed by atoms with Crippen LogP contribution in [0.3, 0.4) is 0 Å². The smallest absolute Gasteiger partial charge is 0.297 e. The molecule has 3 aromatic rings. The molecule has 1 saturated carbocycles. The first-order valence-corrected chi connectivity index (χ1v) is 12.1. The second-order valence-electron chi connectivity index (χ2n) is 9.35. The van der Waals surface area contributed by atoms with Gasteiger partial charge in [-0.2, -0.15) is 0 Å². The Balaban J connectivity index is 1.25. The molecule has 34 heavy (non-hydrogen) atoms. The van der Waals surface area contributed by atoms with Crippen molar-refractivity contribution >= 4 is 17.4 Å². The Hall–Kier alpha value is -3.61. The molecule has 5 rings (SSSR count). The Labute approximate surface area is 199 Å². The number of nitrogens with one attached hydrogen (secondary N) is 2. The van der Waals surface area contributed by atoms with Crippen molar-refractivity contribution in [3.63, 3.8) is 0 Å². The molecule has 2 heterocycles. The van der Waals surface area contributed by atoms with Crippen LogP contribution in [0, 0.1) is 12.8 Å². The summed E-state index contributed by atoms with van der Waals surface area (Å²) in [6, 6.07) is 16.3. The Morgan fingerprint density at radius 1 is 1.06 bits per heavy atom. The van der Waals surface area contributed by atoms with E-state index in [4.69, 9.17) is 0 Å². The molecule has 0 unspecified atom stereocenters. The average Bonchev–Trinajstić information content (AvgIpc) is 3.69. The molecule has 0 spiro atoms. The molecule has 1 amide bonds. The van der Waals surface area contributed by atoms with Crippen LogP contribution in [0.5, 0.6) is 0 Å². The highest BCUT2D eigenvalue weighted by Gasteiger charge is 2.24. The zero-order valence-corrected chi connectivity index (χ0v) is 19.5. The van der Waals surface area contributed by atoms with Crippen molar-refractivity contribution in [1.82, 2.24) is 14.9 Å². The lowest BCUT2D eigenvalue weighted by atomic mass is 9.96.